The minimum Gasteiger partial charge on any atom is -0.330 e. The molecule has 1 rings (SSSR count). The first-order valence-corrected chi connectivity index (χ1v) is 8.23. The lowest BCUT2D eigenvalue weighted by Crippen LogP contribution is -2.41. The van der Waals surface area contributed by atoms with E-state index in [1.165, 1.54) is 51.7 Å². The molecule has 2 N–H and O–H groups in total. The van der Waals surface area contributed by atoms with E-state index in [0.29, 0.717) is 10.8 Å². The normalized spacial score (nSPS) is 25.9. The maximum atomic E-state index is 6.02. The smallest absolute Gasteiger partial charge is 0.00474 e. The molecule has 0 bridgehead atoms. The molecule has 0 saturated carbocycles. The van der Waals surface area contributed by atoms with Crippen LogP contribution in [0, 0.1) is 16.7 Å². The van der Waals surface area contributed by atoms with Crippen LogP contribution in [0.3, 0.4) is 0 Å². The maximum Gasteiger partial charge on any atom is 0.00474 e. The average Bonchev–Trinajstić information content (AvgIpc) is 2.54. The Balaban J connectivity index is 2.53. The van der Waals surface area contributed by atoms with Crippen molar-refractivity contribution in [3.8, 4) is 0 Å². The predicted molar refractivity (Wildman–Crippen MR) is 85.3 cm³/mol. The number of hydrogen-bond donors (Lipinski definition) is 1. The van der Waals surface area contributed by atoms with Crippen molar-refractivity contribution in [1.29, 1.82) is 0 Å². The zero-order valence-corrected chi connectivity index (χ0v) is 14.0. The molecule has 19 heavy (non-hydrogen) atoms. The zero-order chi connectivity index (χ0) is 14.5. The highest BCUT2D eigenvalue weighted by atomic mass is 15.1. The summed E-state index contributed by atoms with van der Waals surface area (Å²) in [6, 6.07) is 0. The van der Waals surface area contributed by atoms with Gasteiger partial charge in [0.15, 0.2) is 0 Å². The highest BCUT2D eigenvalue weighted by Crippen LogP contribution is 2.35. The Hall–Kier alpha value is -0.0800. The van der Waals surface area contributed by atoms with Gasteiger partial charge in [-0.05, 0) is 62.1 Å². The lowest BCUT2D eigenvalue weighted by molar-refractivity contribution is 0.154. The van der Waals surface area contributed by atoms with E-state index in [0.717, 1.165) is 12.5 Å². The fraction of sp³-hybridized carbons (Fsp3) is 1.00. The van der Waals surface area contributed by atoms with Crippen LogP contribution >= 0.6 is 0 Å². The van der Waals surface area contributed by atoms with Crippen molar-refractivity contribution in [2.24, 2.45) is 22.5 Å². The minimum absolute atomic E-state index is 0.316. The van der Waals surface area contributed by atoms with Crippen LogP contribution in [0.2, 0.25) is 0 Å². The van der Waals surface area contributed by atoms with Gasteiger partial charge in [-0.15, -0.1) is 0 Å². The van der Waals surface area contributed by atoms with Gasteiger partial charge in [0.1, 0.15) is 0 Å². The molecule has 0 spiro atoms. The van der Waals surface area contributed by atoms with Crippen LogP contribution in [0.4, 0.5) is 0 Å². The molecule has 0 amide bonds. The van der Waals surface area contributed by atoms with Gasteiger partial charge >= 0.3 is 0 Å². The summed E-state index contributed by atoms with van der Waals surface area (Å²) in [6.45, 7) is 16.4. The summed E-state index contributed by atoms with van der Waals surface area (Å²) < 4.78 is 0. The Labute approximate surface area is 121 Å². The molecule has 0 radical (unpaired) electrons. The highest BCUT2D eigenvalue weighted by molar-refractivity contribution is 4.83. The van der Waals surface area contributed by atoms with E-state index in [1.807, 2.05) is 0 Å². The minimum atomic E-state index is 0.316. The van der Waals surface area contributed by atoms with E-state index < -0.39 is 0 Å². The number of hydrogen-bond acceptors (Lipinski definition) is 2. The zero-order valence-electron chi connectivity index (χ0n) is 14.0. The summed E-state index contributed by atoms with van der Waals surface area (Å²) in [6.07, 6.45) is 6.60. The van der Waals surface area contributed by atoms with Crippen LogP contribution in [0.1, 0.15) is 66.7 Å². The van der Waals surface area contributed by atoms with Crippen LogP contribution in [0.25, 0.3) is 0 Å². The second-order valence-electron chi connectivity index (χ2n) is 8.03. The topological polar surface area (TPSA) is 29.3 Å². The Morgan fingerprint density at radius 3 is 2.32 bits per heavy atom. The standard InChI is InChI=1S/C17H36N2/c1-6-10-17(5,13-18)14-19-11-7-8-15(9-12-19)16(2,3)4/h15H,6-14,18H2,1-5H3. The second-order valence-corrected chi connectivity index (χ2v) is 8.03. The first-order valence-electron chi connectivity index (χ1n) is 8.23. The molecule has 0 aliphatic carbocycles. The third-order valence-electron chi connectivity index (χ3n) is 5.00. The lowest BCUT2D eigenvalue weighted by atomic mass is 9.77. The number of rotatable bonds is 5. The summed E-state index contributed by atoms with van der Waals surface area (Å²) in [5, 5.41) is 0. The van der Waals surface area contributed by atoms with Crippen LogP contribution in [0.5, 0.6) is 0 Å². The van der Waals surface area contributed by atoms with Crippen molar-refractivity contribution >= 4 is 0 Å². The Kier molecular flexibility index (Phi) is 6.32. The SMILES string of the molecule is CCCC(C)(CN)CN1CCCC(C(C)(C)C)CC1. The van der Waals surface area contributed by atoms with Gasteiger partial charge in [0.05, 0.1) is 0 Å². The van der Waals surface area contributed by atoms with E-state index >= 15 is 0 Å². The quantitative estimate of drug-likeness (QED) is 0.819. The van der Waals surface area contributed by atoms with Gasteiger partial charge in [-0.1, -0.05) is 41.0 Å². The number of likely N-dealkylation sites (tertiary alicyclic amines) is 1. The second kappa shape index (κ2) is 7.08. The first kappa shape index (κ1) is 17.0. The van der Waals surface area contributed by atoms with Crippen molar-refractivity contribution in [2.45, 2.75) is 66.7 Å². The molecular weight excluding hydrogens is 232 g/mol. The molecule has 1 heterocycles. The van der Waals surface area contributed by atoms with E-state index in [9.17, 15) is 0 Å². The summed E-state index contributed by atoms with van der Waals surface area (Å²) in [5.74, 6) is 0.882. The number of nitrogens with zero attached hydrogens (tertiary/aromatic N) is 1. The van der Waals surface area contributed by atoms with E-state index in [4.69, 9.17) is 5.73 Å². The molecule has 0 aromatic carbocycles. The van der Waals surface area contributed by atoms with Gasteiger partial charge < -0.3 is 10.6 Å². The number of nitrogens with two attached hydrogens (primary N) is 1. The summed E-state index contributed by atoms with van der Waals surface area (Å²) in [4.78, 5) is 2.67. The Morgan fingerprint density at radius 2 is 1.79 bits per heavy atom. The summed E-state index contributed by atoms with van der Waals surface area (Å²) >= 11 is 0. The van der Waals surface area contributed by atoms with Gasteiger partial charge in [-0.2, -0.15) is 0 Å². The predicted octanol–water partition coefficient (Wildman–Crippen LogP) is 3.90. The van der Waals surface area contributed by atoms with Gasteiger partial charge in [0.2, 0.25) is 0 Å². The van der Waals surface area contributed by atoms with Crippen LogP contribution in [-0.4, -0.2) is 31.1 Å². The molecule has 2 atom stereocenters. The van der Waals surface area contributed by atoms with Crippen molar-refractivity contribution in [2.75, 3.05) is 26.2 Å². The molecule has 2 heteroatoms. The van der Waals surface area contributed by atoms with Crippen LogP contribution in [-0.2, 0) is 0 Å². The molecule has 0 aromatic rings. The van der Waals surface area contributed by atoms with Gasteiger partial charge in [-0.25, -0.2) is 0 Å². The molecule has 1 aliphatic heterocycles. The third kappa shape index (κ3) is 5.43. The van der Waals surface area contributed by atoms with Crippen LogP contribution < -0.4 is 5.73 Å². The van der Waals surface area contributed by atoms with Crippen LogP contribution in [0.15, 0.2) is 0 Å². The fourth-order valence-corrected chi connectivity index (χ4v) is 3.57. The molecule has 1 fully saturated rings. The molecule has 114 valence electrons. The fourth-order valence-electron chi connectivity index (χ4n) is 3.57. The molecular formula is C17H36N2. The molecule has 2 nitrogen and oxygen atoms in total. The van der Waals surface area contributed by atoms with E-state index in [-0.39, 0.29) is 0 Å². The monoisotopic (exact) mass is 268 g/mol. The van der Waals surface area contributed by atoms with Crippen molar-refractivity contribution in [1.82, 2.24) is 4.90 Å². The Morgan fingerprint density at radius 1 is 1.11 bits per heavy atom. The summed E-state index contributed by atoms with van der Waals surface area (Å²) in [7, 11) is 0. The molecule has 2 unspecified atom stereocenters. The van der Waals surface area contributed by atoms with E-state index in [1.54, 1.807) is 0 Å². The first-order chi connectivity index (χ1) is 8.80. The van der Waals surface area contributed by atoms with Gasteiger partial charge in [0.25, 0.3) is 0 Å². The molecule has 1 saturated heterocycles. The largest absolute Gasteiger partial charge is 0.330 e. The summed E-state index contributed by atoms with van der Waals surface area (Å²) in [5.41, 5.74) is 6.80. The Bertz CT molecular complexity index is 256. The van der Waals surface area contributed by atoms with Gasteiger partial charge in [0, 0.05) is 6.54 Å². The van der Waals surface area contributed by atoms with Crippen molar-refractivity contribution in [3.63, 3.8) is 0 Å². The highest BCUT2D eigenvalue weighted by Gasteiger charge is 2.30. The van der Waals surface area contributed by atoms with Gasteiger partial charge in [-0.3, -0.25) is 0 Å². The van der Waals surface area contributed by atoms with Crippen molar-refractivity contribution < 1.29 is 0 Å². The third-order valence-corrected chi connectivity index (χ3v) is 5.00. The maximum absolute atomic E-state index is 6.02. The molecule has 0 aromatic heterocycles. The van der Waals surface area contributed by atoms with Crippen molar-refractivity contribution in [3.05, 3.63) is 0 Å². The lowest BCUT2D eigenvalue weighted by Gasteiger charge is -2.34. The average molecular weight is 268 g/mol. The van der Waals surface area contributed by atoms with E-state index in [2.05, 4.69) is 39.5 Å². The molecule has 1 aliphatic rings.